The number of unbranched alkanes of at least 4 members (excludes halogenated alkanes) is 15. The molecule has 248 valence electrons. The first-order valence-corrected chi connectivity index (χ1v) is 18.1. The van der Waals surface area contributed by atoms with Crippen molar-refractivity contribution < 1.29 is 19.4 Å². The molecule has 1 N–H and O–H groups in total. The molecule has 0 rings (SSSR count). The molecular formula is C39H68O4. The van der Waals surface area contributed by atoms with E-state index in [2.05, 4.69) is 62.5 Å². The van der Waals surface area contributed by atoms with Gasteiger partial charge < -0.3 is 9.84 Å². The Morgan fingerprint density at radius 3 is 1.53 bits per heavy atom. The van der Waals surface area contributed by atoms with Gasteiger partial charge in [-0.1, -0.05) is 127 Å². The highest BCUT2D eigenvalue weighted by Gasteiger charge is 2.14. The van der Waals surface area contributed by atoms with E-state index in [-0.39, 0.29) is 18.5 Å². The molecule has 0 bridgehead atoms. The summed E-state index contributed by atoms with van der Waals surface area (Å²) in [6.45, 7) is 4.47. The Hall–Kier alpha value is -2.10. The molecule has 4 nitrogen and oxygen atoms in total. The van der Waals surface area contributed by atoms with Crippen LogP contribution in [-0.4, -0.2) is 23.1 Å². The first-order chi connectivity index (χ1) is 21.1. The molecule has 0 radical (unpaired) electrons. The average Bonchev–Trinajstić information content (AvgIpc) is 2.99. The van der Waals surface area contributed by atoms with Gasteiger partial charge >= 0.3 is 11.9 Å². The van der Waals surface area contributed by atoms with Gasteiger partial charge in [0.15, 0.2) is 0 Å². The van der Waals surface area contributed by atoms with Crippen LogP contribution in [0.1, 0.15) is 181 Å². The molecule has 43 heavy (non-hydrogen) atoms. The Kier molecular flexibility index (Phi) is 32.7. The normalized spacial score (nSPS) is 12.8. The lowest BCUT2D eigenvalue weighted by Crippen LogP contribution is -2.18. The lowest BCUT2D eigenvalue weighted by Gasteiger charge is -2.18. The third-order valence-electron chi connectivity index (χ3n) is 7.77. The van der Waals surface area contributed by atoms with Crippen molar-refractivity contribution in [1.82, 2.24) is 0 Å². The lowest BCUT2D eigenvalue weighted by atomic mass is 10.0. The molecule has 0 spiro atoms. The number of hydrogen-bond acceptors (Lipinski definition) is 3. The van der Waals surface area contributed by atoms with E-state index in [4.69, 9.17) is 9.84 Å². The molecule has 0 aliphatic heterocycles. The molecule has 0 aliphatic rings. The summed E-state index contributed by atoms with van der Waals surface area (Å²) in [5, 5.41) is 8.79. The summed E-state index contributed by atoms with van der Waals surface area (Å²) in [4.78, 5) is 23.3. The monoisotopic (exact) mass is 601 g/mol. The largest absolute Gasteiger partial charge is 0.481 e. The first kappa shape index (κ1) is 40.9. The van der Waals surface area contributed by atoms with Crippen LogP contribution in [0.15, 0.2) is 48.6 Å². The molecule has 4 heteroatoms. The van der Waals surface area contributed by atoms with Gasteiger partial charge in [0, 0.05) is 12.8 Å². The number of aliphatic carboxylic acids is 1. The number of carbonyl (C=O) groups excluding carboxylic acids is 1. The fraction of sp³-hybridized carbons (Fsp3) is 0.744. The summed E-state index contributed by atoms with van der Waals surface area (Å²) in [5.41, 5.74) is 0. The van der Waals surface area contributed by atoms with Gasteiger partial charge in [-0.25, -0.2) is 0 Å². The number of ether oxygens (including phenoxy) is 1. The van der Waals surface area contributed by atoms with E-state index in [1.54, 1.807) is 0 Å². The SMILES string of the molecule is CCCC/C=C\C/C=C\CCCCCCCC(=O)OC(CCC/C=C\C/C=C\CCCCC)CCCCCCCC(=O)O. The summed E-state index contributed by atoms with van der Waals surface area (Å²) >= 11 is 0. The van der Waals surface area contributed by atoms with Gasteiger partial charge in [-0.15, -0.1) is 0 Å². The van der Waals surface area contributed by atoms with Crippen molar-refractivity contribution in [3.05, 3.63) is 48.6 Å². The van der Waals surface area contributed by atoms with Gasteiger partial charge in [-0.05, 0) is 89.9 Å². The summed E-state index contributed by atoms with van der Waals surface area (Å²) in [5.74, 6) is -0.747. The van der Waals surface area contributed by atoms with Crippen LogP contribution < -0.4 is 0 Å². The van der Waals surface area contributed by atoms with Gasteiger partial charge in [0.05, 0.1) is 0 Å². The smallest absolute Gasteiger partial charge is 0.306 e. The van der Waals surface area contributed by atoms with E-state index in [1.807, 2.05) is 0 Å². The number of esters is 1. The standard InChI is InChI=1S/C39H68O4/c1-3-5-7-9-11-13-15-16-17-19-21-23-28-32-36-39(42)43-37(34-30-26-24-27-31-35-38(40)41)33-29-25-22-20-18-14-12-10-8-6-4-2/h9,11-12,14-16,20,22,37H,3-8,10,13,17-19,21,23-36H2,1-2H3,(H,40,41)/b11-9-,14-12-,16-15-,22-20-. The molecule has 1 atom stereocenters. The number of hydrogen-bond donors (Lipinski definition) is 1. The Morgan fingerprint density at radius 1 is 0.512 bits per heavy atom. The number of allylic oxidation sites excluding steroid dienone is 8. The van der Waals surface area contributed by atoms with Crippen LogP contribution in [0.4, 0.5) is 0 Å². The maximum absolute atomic E-state index is 12.6. The molecular weight excluding hydrogens is 532 g/mol. The van der Waals surface area contributed by atoms with Crippen LogP contribution in [-0.2, 0) is 14.3 Å². The van der Waals surface area contributed by atoms with Crippen molar-refractivity contribution >= 4 is 11.9 Å². The number of rotatable bonds is 32. The summed E-state index contributed by atoms with van der Waals surface area (Å²) < 4.78 is 5.95. The third kappa shape index (κ3) is 34.3. The number of carbonyl (C=O) groups is 2. The fourth-order valence-corrected chi connectivity index (χ4v) is 5.06. The second-order valence-corrected chi connectivity index (χ2v) is 12.0. The van der Waals surface area contributed by atoms with Crippen molar-refractivity contribution in [1.29, 1.82) is 0 Å². The highest BCUT2D eigenvalue weighted by molar-refractivity contribution is 5.69. The van der Waals surface area contributed by atoms with E-state index >= 15 is 0 Å². The Morgan fingerprint density at radius 2 is 0.953 bits per heavy atom. The van der Waals surface area contributed by atoms with Crippen LogP contribution in [0.3, 0.4) is 0 Å². The minimum absolute atomic E-state index is 0.00616. The zero-order valence-corrected chi connectivity index (χ0v) is 28.3. The zero-order valence-electron chi connectivity index (χ0n) is 28.3. The highest BCUT2D eigenvalue weighted by atomic mass is 16.5. The quantitative estimate of drug-likeness (QED) is 0.0474. The highest BCUT2D eigenvalue weighted by Crippen LogP contribution is 2.17. The Bertz CT molecular complexity index is 734. The minimum atomic E-state index is -0.710. The molecule has 0 aliphatic carbocycles. The van der Waals surface area contributed by atoms with E-state index in [1.165, 1.54) is 64.2 Å². The topological polar surface area (TPSA) is 63.6 Å². The molecule has 0 saturated heterocycles. The molecule has 0 aromatic rings. The van der Waals surface area contributed by atoms with Crippen molar-refractivity contribution in [3.8, 4) is 0 Å². The molecule has 0 heterocycles. The van der Waals surface area contributed by atoms with Gasteiger partial charge in [0.1, 0.15) is 6.10 Å². The maximum atomic E-state index is 12.6. The summed E-state index contributed by atoms with van der Waals surface area (Å²) in [6, 6.07) is 0. The summed E-state index contributed by atoms with van der Waals surface area (Å²) in [6.07, 6.45) is 45.4. The Labute approximate surface area is 266 Å². The molecule has 0 fully saturated rings. The van der Waals surface area contributed by atoms with Gasteiger partial charge in [-0.3, -0.25) is 9.59 Å². The second kappa shape index (κ2) is 34.4. The molecule has 1 unspecified atom stereocenters. The predicted octanol–water partition coefficient (Wildman–Crippen LogP) is 12.4. The van der Waals surface area contributed by atoms with Crippen molar-refractivity contribution in [2.75, 3.05) is 0 Å². The average molecular weight is 601 g/mol. The van der Waals surface area contributed by atoms with Gasteiger partial charge in [0.25, 0.3) is 0 Å². The molecule has 0 saturated carbocycles. The van der Waals surface area contributed by atoms with Crippen molar-refractivity contribution in [2.24, 2.45) is 0 Å². The van der Waals surface area contributed by atoms with Crippen LogP contribution in [0.25, 0.3) is 0 Å². The number of carboxylic acid groups (broad SMARTS) is 1. The molecule has 0 amide bonds. The predicted molar refractivity (Wildman–Crippen MR) is 185 cm³/mol. The van der Waals surface area contributed by atoms with Crippen LogP contribution in [0.2, 0.25) is 0 Å². The van der Waals surface area contributed by atoms with Crippen LogP contribution >= 0.6 is 0 Å². The van der Waals surface area contributed by atoms with E-state index in [9.17, 15) is 9.59 Å². The minimum Gasteiger partial charge on any atom is -0.481 e. The Balaban J connectivity index is 4.17. The van der Waals surface area contributed by atoms with Gasteiger partial charge in [-0.2, -0.15) is 0 Å². The van der Waals surface area contributed by atoms with E-state index in [0.717, 1.165) is 89.9 Å². The first-order valence-electron chi connectivity index (χ1n) is 18.1. The number of carboxylic acids is 1. The lowest BCUT2D eigenvalue weighted by molar-refractivity contribution is -0.150. The van der Waals surface area contributed by atoms with Gasteiger partial charge in [0.2, 0.25) is 0 Å². The van der Waals surface area contributed by atoms with Crippen LogP contribution in [0.5, 0.6) is 0 Å². The maximum Gasteiger partial charge on any atom is 0.306 e. The molecule has 0 aromatic carbocycles. The van der Waals surface area contributed by atoms with E-state index < -0.39 is 5.97 Å². The zero-order chi connectivity index (χ0) is 31.5. The second-order valence-electron chi connectivity index (χ2n) is 12.0. The fourth-order valence-electron chi connectivity index (χ4n) is 5.06. The van der Waals surface area contributed by atoms with Crippen molar-refractivity contribution in [3.63, 3.8) is 0 Å². The van der Waals surface area contributed by atoms with Crippen molar-refractivity contribution in [2.45, 2.75) is 187 Å². The third-order valence-corrected chi connectivity index (χ3v) is 7.77. The van der Waals surface area contributed by atoms with Crippen LogP contribution in [0, 0.1) is 0 Å². The van der Waals surface area contributed by atoms with E-state index in [0.29, 0.717) is 6.42 Å². The molecule has 0 aromatic heterocycles. The summed E-state index contributed by atoms with van der Waals surface area (Å²) in [7, 11) is 0.